The van der Waals surface area contributed by atoms with Gasteiger partial charge in [0.05, 0.1) is 17.7 Å². The van der Waals surface area contributed by atoms with Gasteiger partial charge in [0.1, 0.15) is 0 Å². The predicted molar refractivity (Wildman–Crippen MR) is 68.7 cm³/mol. The van der Waals surface area contributed by atoms with Gasteiger partial charge in [0.25, 0.3) is 5.69 Å². The molecule has 1 aromatic carbocycles. The van der Waals surface area contributed by atoms with Crippen molar-refractivity contribution >= 4 is 11.4 Å². The van der Waals surface area contributed by atoms with E-state index in [4.69, 9.17) is 0 Å². The van der Waals surface area contributed by atoms with Gasteiger partial charge in [-0.1, -0.05) is 0 Å². The molecule has 0 aliphatic carbocycles. The van der Waals surface area contributed by atoms with Crippen LogP contribution in [0.15, 0.2) is 30.6 Å². The lowest BCUT2D eigenvalue weighted by molar-refractivity contribution is -0.384. The van der Waals surface area contributed by atoms with Crippen LogP contribution < -0.4 is 5.32 Å². The second kappa shape index (κ2) is 4.87. The number of nitro benzene ring substituents is 1. The number of rotatable bonds is 4. The van der Waals surface area contributed by atoms with E-state index in [1.165, 1.54) is 6.07 Å². The van der Waals surface area contributed by atoms with Gasteiger partial charge in [0, 0.05) is 36.6 Å². The highest BCUT2D eigenvalue weighted by Gasteiger charge is 2.10. The van der Waals surface area contributed by atoms with Crippen LogP contribution in [0.4, 0.5) is 11.4 Å². The van der Waals surface area contributed by atoms with E-state index in [0.717, 1.165) is 16.8 Å². The highest BCUT2D eigenvalue weighted by atomic mass is 16.6. The number of nitrogens with one attached hydrogen (secondary N) is 1. The highest BCUT2D eigenvalue weighted by Crippen LogP contribution is 2.22. The lowest BCUT2D eigenvalue weighted by atomic mass is 10.1. The van der Waals surface area contributed by atoms with Gasteiger partial charge in [0.2, 0.25) is 0 Å². The van der Waals surface area contributed by atoms with Crippen molar-refractivity contribution < 1.29 is 4.92 Å². The Morgan fingerprint density at radius 2 is 2.28 bits per heavy atom. The Labute approximate surface area is 104 Å². The van der Waals surface area contributed by atoms with Crippen LogP contribution in [0, 0.1) is 17.0 Å². The van der Waals surface area contributed by atoms with E-state index in [-0.39, 0.29) is 5.69 Å². The Morgan fingerprint density at radius 1 is 1.50 bits per heavy atom. The van der Waals surface area contributed by atoms with Crippen LogP contribution >= 0.6 is 0 Å². The topological polar surface area (TPSA) is 73.0 Å². The van der Waals surface area contributed by atoms with E-state index in [1.807, 2.05) is 13.1 Å². The summed E-state index contributed by atoms with van der Waals surface area (Å²) in [6.07, 6.45) is 3.66. The second-order valence-electron chi connectivity index (χ2n) is 4.06. The van der Waals surface area contributed by atoms with Crippen molar-refractivity contribution in [3.05, 3.63) is 51.8 Å². The maximum absolute atomic E-state index is 10.8. The first kappa shape index (κ1) is 12.1. The number of nitro groups is 1. The molecule has 0 aliphatic heterocycles. The van der Waals surface area contributed by atoms with Crippen LogP contribution in [0.2, 0.25) is 0 Å². The maximum atomic E-state index is 10.8. The zero-order valence-corrected chi connectivity index (χ0v) is 10.3. The highest BCUT2D eigenvalue weighted by molar-refractivity contribution is 5.55. The number of hydrogen-bond donors (Lipinski definition) is 1. The molecule has 18 heavy (non-hydrogen) atoms. The summed E-state index contributed by atoms with van der Waals surface area (Å²) in [7, 11) is 1.79. The van der Waals surface area contributed by atoms with E-state index >= 15 is 0 Å². The molecule has 2 aromatic rings. The third kappa shape index (κ3) is 2.48. The van der Waals surface area contributed by atoms with Crippen LogP contribution in [0.1, 0.15) is 11.1 Å². The largest absolute Gasteiger partial charge is 0.388 e. The Morgan fingerprint density at radius 3 is 2.83 bits per heavy atom. The average Bonchev–Trinajstić information content (AvgIpc) is 2.74. The van der Waals surface area contributed by atoms with E-state index < -0.39 is 4.92 Å². The molecule has 6 heteroatoms. The van der Waals surface area contributed by atoms with Crippen molar-refractivity contribution in [2.75, 3.05) is 12.4 Å². The molecular weight excluding hydrogens is 232 g/mol. The van der Waals surface area contributed by atoms with Crippen molar-refractivity contribution in [1.29, 1.82) is 0 Å². The molecule has 1 aromatic heterocycles. The first-order chi connectivity index (χ1) is 8.60. The summed E-state index contributed by atoms with van der Waals surface area (Å²) in [5.41, 5.74) is 2.86. The minimum absolute atomic E-state index is 0.0906. The molecule has 0 amide bonds. The van der Waals surface area contributed by atoms with Crippen molar-refractivity contribution in [1.82, 2.24) is 9.78 Å². The lowest BCUT2D eigenvalue weighted by Crippen LogP contribution is -2.04. The number of benzene rings is 1. The van der Waals surface area contributed by atoms with E-state index in [0.29, 0.717) is 6.54 Å². The normalized spacial score (nSPS) is 10.3. The number of non-ortho nitro benzene ring substituents is 1. The summed E-state index contributed by atoms with van der Waals surface area (Å²) < 4.78 is 1.76. The number of hydrogen-bond acceptors (Lipinski definition) is 4. The molecule has 0 fully saturated rings. The van der Waals surface area contributed by atoms with Crippen LogP contribution in [0.3, 0.4) is 0 Å². The molecule has 0 spiro atoms. The van der Waals surface area contributed by atoms with Gasteiger partial charge in [-0.15, -0.1) is 0 Å². The fraction of sp³-hybridized carbons (Fsp3) is 0.250. The maximum Gasteiger partial charge on any atom is 0.269 e. The zero-order valence-electron chi connectivity index (χ0n) is 10.3. The summed E-state index contributed by atoms with van der Waals surface area (Å²) in [5.74, 6) is 0. The first-order valence-electron chi connectivity index (χ1n) is 5.54. The van der Waals surface area contributed by atoms with Gasteiger partial charge >= 0.3 is 0 Å². The van der Waals surface area contributed by atoms with Crippen molar-refractivity contribution in [3.63, 3.8) is 0 Å². The fourth-order valence-electron chi connectivity index (χ4n) is 1.80. The molecule has 0 atom stereocenters. The molecule has 0 bridgehead atoms. The molecule has 1 N–H and O–H groups in total. The minimum Gasteiger partial charge on any atom is -0.388 e. The standard InChI is InChI=1S/C12H14N4O2/c1-9-6-14-15(7-9)8-10-5-11(16(17)18)3-4-12(10)13-2/h3-7,13H,8H2,1-2H3. The monoisotopic (exact) mass is 246 g/mol. The molecular formula is C12H14N4O2. The predicted octanol–water partition coefficient (Wildman–Crippen LogP) is 2.19. The van der Waals surface area contributed by atoms with Gasteiger partial charge in [-0.05, 0) is 18.6 Å². The molecule has 0 unspecified atom stereocenters. The van der Waals surface area contributed by atoms with Gasteiger partial charge in [-0.2, -0.15) is 5.10 Å². The quantitative estimate of drug-likeness (QED) is 0.663. The number of nitrogens with zero attached hydrogens (tertiary/aromatic N) is 3. The van der Waals surface area contributed by atoms with Crippen molar-refractivity contribution in [2.24, 2.45) is 0 Å². The average molecular weight is 246 g/mol. The lowest BCUT2D eigenvalue weighted by Gasteiger charge is -2.09. The fourth-order valence-corrected chi connectivity index (χ4v) is 1.80. The number of aryl methyl sites for hydroxylation is 1. The summed E-state index contributed by atoms with van der Waals surface area (Å²) in [4.78, 5) is 10.4. The van der Waals surface area contributed by atoms with E-state index in [9.17, 15) is 10.1 Å². The Balaban J connectivity index is 2.35. The summed E-state index contributed by atoms with van der Waals surface area (Å²) in [5, 5.41) is 18.0. The van der Waals surface area contributed by atoms with Gasteiger partial charge in [-0.3, -0.25) is 14.8 Å². The van der Waals surface area contributed by atoms with Gasteiger partial charge in [0.15, 0.2) is 0 Å². The molecule has 0 aliphatic rings. The Kier molecular flexibility index (Phi) is 3.27. The molecule has 6 nitrogen and oxygen atoms in total. The summed E-state index contributed by atoms with van der Waals surface area (Å²) in [6.45, 7) is 2.46. The van der Waals surface area contributed by atoms with Gasteiger partial charge < -0.3 is 5.32 Å². The molecule has 0 saturated carbocycles. The molecule has 2 rings (SSSR count). The molecule has 1 heterocycles. The van der Waals surface area contributed by atoms with Crippen LogP contribution in [-0.2, 0) is 6.54 Å². The summed E-state index contributed by atoms with van der Waals surface area (Å²) in [6, 6.07) is 4.77. The third-order valence-corrected chi connectivity index (χ3v) is 2.66. The third-order valence-electron chi connectivity index (χ3n) is 2.66. The van der Waals surface area contributed by atoms with Crippen LogP contribution in [0.25, 0.3) is 0 Å². The van der Waals surface area contributed by atoms with Crippen LogP contribution in [-0.4, -0.2) is 21.8 Å². The molecule has 0 saturated heterocycles. The number of aromatic nitrogens is 2. The van der Waals surface area contributed by atoms with Crippen molar-refractivity contribution in [3.8, 4) is 0 Å². The Bertz CT molecular complexity index is 577. The summed E-state index contributed by atoms with van der Waals surface area (Å²) >= 11 is 0. The minimum atomic E-state index is -0.392. The first-order valence-corrected chi connectivity index (χ1v) is 5.54. The van der Waals surface area contributed by atoms with Gasteiger partial charge in [-0.25, -0.2) is 0 Å². The second-order valence-corrected chi connectivity index (χ2v) is 4.06. The zero-order chi connectivity index (χ0) is 13.1. The van der Waals surface area contributed by atoms with E-state index in [2.05, 4.69) is 10.4 Å². The molecule has 0 radical (unpaired) electrons. The van der Waals surface area contributed by atoms with Crippen LogP contribution in [0.5, 0.6) is 0 Å². The molecule has 94 valence electrons. The Hall–Kier alpha value is -2.37. The van der Waals surface area contributed by atoms with Crippen molar-refractivity contribution in [2.45, 2.75) is 13.5 Å². The number of anilines is 1. The van der Waals surface area contributed by atoms with E-state index in [1.54, 1.807) is 30.1 Å². The smallest absolute Gasteiger partial charge is 0.269 e. The SMILES string of the molecule is CNc1ccc([N+](=O)[O-])cc1Cn1cc(C)cn1.